The Balaban J connectivity index is 1.26. The standard InChI is InChI=1S/C43H28N2O/c1-3-15-33(16-4-1)43(34-17-5-2-6-18-34)36-20-7-8-22-39(36)46-42-35(19-10-21-37(42)43)31-12-9-13-32(28-31)38-26-25-30-24-23-29-14-11-27-44-40(29)41(30)45-38/h1-28H. The van der Waals surface area contributed by atoms with Crippen molar-refractivity contribution in [2.75, 3.05) is 0 Å². The highest BCUT2D eigenvalue weighted by Gasteiger charge is 2.45. The summed E-state index contributed by atoms with van der Waals surface area (Å²) in [5, 5.41) is 2.16. The molecular formula is C43H28N2O. The first kappa shape index (κ1) is 26.4. The molecule has 0 fully saturated rings. The van der Waals surface area contributed by atoms with Gasteiger partial charge in [0.2, 0.25) is 0 Å². The van der Waals surface area contributed by atoms with Crippen molar-refractivity contribution in [2.24, 2.45) is 0 Å². The summed E-state index contributed by atoms with van der Waals surface area (Å²) in [5.41, 5.74) is 9.97. The van der Waals surface area contributed by atoms with Crippen molar-refractivity contribution in [1.82, 2.24) is 9.97 Å². The molecule has 1 aliphatic rings. The van der Waals surface area contributed by atoms with Crippen LogP contribution in [-0.4, -0.2) is 9.97 Å². The summed E-state index contributed by atoms with van der Waals surface area (Å²) in [6, 6.07) is 57.7. The van der Waals surface area contributed by atoms with Crippen LogP contribution >= 0.6 is 0 Å². The van der Waals surface area contributed by atoms with Crippen molar-refractivity contribution in [3.63, 3.8) is 0 Å². The molecule has 0 saturated heterocycles. The smallest absolute Gasteiger partial charge is 0.140 e. The first-order valence-electron chi connectivity index (χ1n) is 15.6. The van der Waals surface area contributed by atoms with Crippen LogP contribution in [0.5, 0.6) is 11.5 Å². The second kappa shape index (κ2) is 10.5. The maximum absolute atomic E-state index is 6.89. The zero-order chi connectivity index (χ0) is 30.5. The fraction of sp³-hybridized carbons (Fsp3) is 0.0233. The van der Waals surface area contributed by atoms with Gasteiger partial charge < -0.3 is 4.74 Å². The third-order valence-electron chi connectivity index (χ3n) is 9.24. The lowest BCUT2D eigenvalue weighted by Gasteiger charge is -2.42. The van der Waals surface area contributed by atoms with Crippen molar-refractivity contribution in [2.45, 2.75) is 5.41 Å². The number of fused-ring (bicyclic) bond motifs is 5. The van der Waals surface area contributed by atoms with Crippen LogP contribution in [0.4, 0.5) is 0 Å². The van der Waals surface area contributed by atoms with Gasteiger partial charge in [-0.15, -0.1) is 0 Å². The lowest BCUT2D eigenvalue weighted by atomic mass is 9.63. The second-order valence-electron chi connectivity index (χ2n) is 11.8. The molecule has 0 amide bonds. The third-order valence-corrected chi connectivity index (χ3v) is 9.24. The van der Waals surface area contributed by atoms with Gasteiger partial charge in [-0.1, -0.05) is 140 Å². The Kier molecular flexibility index (Phi) is 6.04. The van der Waals surface area contributed by atoms with Gasteiger partial charge in [-0.2, -0.15) is 0 Å². The molecular weight excluding hydrogens is 560 g/mol. The van der Waals surface area contributed by atoms with E-state index in [4.69, 9.17) is 9.72 Å². The van der Waals surface area contributed by atoms with Gasteiger partial charge in [-0.25, -0.2) is 4.98 Å². The summed E-state index contributed by atoms with van der Waals surface area (Å²) < 4.78 is 6.89. The maximum atomic E-state index is 6.89. The van der Waals surface area contributed by atoms with Crippen LogP contribution in [0.1, 0.15) is 22.3 Å². The van der Waals surface area contributed by atoms with E-state index in [0.29, 0.717) is 0 Å². The monoisotopic (exact) mass is 588 g/mol. The third kappa shape index (κ3) is 3.99. The van der Waals surface area contributed by atoms with E-state index in [2.05, 4.69) is 163 Å². The fourth-order valence-electron chi connectivity index (χ4n) is 7.19. The molecule has 3 heteroatoms. The Hall–Kier alpha value is -6.06. The van der Waals surface area contributed by atoms with E-state index in [0.717, 1.165) is 66.8 Å². The van der Waals surface area contributed by atoms with Crippen molar-refractivity contribution in [3.05, 3.63) is 192 Å². The Morgan fingerprint density at radius 2 is 1.13 bits per heavy atom. The number of pyridine rings is 2. The normalized spacial score (nSPS) is 13.1. The van der Waals surface area contributed by atoms with Gasteiger partial charge in [0, 0.05) is 39.2 Å². The summed E-state index contributed by atoms with van der Waals surface area (Å²) >= 11 is 0. The zero-order valence-corrected chi connectivity index (χ0v) is 25.0. The molecule has 0 radical (unpaired) electrons. The quantitative estimate of drug-likeness (QED) is 0.192. The van der Waals surface area contributed by atoms with Gasteiger partial charge in [-0.3, -0.25) is 4.98 Å². The molecule has 0 N–H and O–H groups in total. The maximum Gasteiger partial charge on any atom is 0.140 e. The Morgan fingerprint density at radius 1 is 0.478 bits per heavy atom. The molecule has 8 aromatic rings. The summed E-state index contributed by atoms with van der Waals surface area (Å²) in [5.74, 6) is 1.73. The minimum absolute atomic E-state index is 0.561. The van der Waals surface area contributed by atoms with Crippen LogP contribution in [0.25, 0.3) is 44.2 Å². The van der Waals surface area contributed by atoms with Gasteiger partial charge in [0.05, 0.1) is 22.1 Å². The van der Waals surface area contributed by atoms with Crippen LogP contribution < -0.4 is 4.74 Å². The fourth-order valence-corrected chi connectivity index (χ4v) is 7.19. The second-order valence-corrected chi connectivity index (χ2v) is 11.8. The molecule has 0 bridgehead atoms. The van der Waals surface area contributed by atoms with Crippen molar-refractivity contribution in [3.8, 4) is 33.9 Å². The molecule has 0 saturated carbocycles. The summed E-state index contributed by atoms with van der Waals surface area (Å²) in [4.78, 5) is 9.79. The van der Waals surface area contributed by atoms with E-state index in [1.54, 1.807) is 0 Å². The molecule has 0 aliphatic carbocycles. The highest BCUT2D eigenvalue weighted by atomic mass is 16.5. The predicted octanol–water partition coefficient (Wildman–Crippen LogP) is 10.6. The highest BCUT2D eigenvalue weighted by Crippen LogP contribution is 2.57. The average Bonchev–Trinajstić information content (AvgIpc) is 3.14. The molecule has 216 valence electrons. The molecule has 1 aliphatic heterocycles. The summed E-state index contributed by atoms with van der Waals surface area (Å²) in [6.45, 7) is 0. The van der Waals surface area contributed by atoms with E-state index in [1.165, 1.54) is 11.1 Å². The SMILES string of the molecule is c1ccc(C2(c3ccccc3)c3ccccc3Oc3c(-c4cccc(-c5ccc6ccc7cccnc7c6n5)c4)cccc32)cc1. The lowest BCUT2D eigenvalue weighted by molar-refractivity contribution is 0.436. The van der Waals surface area contributed by atoms with Crippen LogP contribution in [0, 0.1) is 0 Å². The van der Waals surface area contributed by atoms with E-state index >= 15 is 0 Å². The van der Waals surface area contributed by atoms with Crippen LogP contribution in [0.15, 0.2) is 170 Å². The van der Waals surface area contributed by atoms with Crippen LogP contribution in [-0.2, 0) is 5.41 Å². The van der Waals surface area contributed by atoms with Gasteiger partial charge in [0.1, 0.15) is 11.5 Å². The number of benzene rings is 6. The zero-order valence-electron chi connectivity index (χ0n) is 25.0. The molecule has 0 atom stereocenters. The predicted molar refractivity (Wildman–Crippen MR) is 186 cm³/mol. The molecule has 0 unspecified atom stereocenters. The first-order valence-corrected chi connectivity index (χ1v) is 15.6. The minimum Gasteiger partial charge on any atom is -0.456 e. The number of hydrogen-bond acceptors (Lipinski definition) is 3. The van der Waals surface area contributed by atoms with Crippen LogP contribution in [0.3, 0.4) is 0 Å². The minimum atomic E-state index is -0.561. The van der Waals surface area contributed by atoms with Crippen molar-refractivity contribution >= 4 is 21.8 Å². The molecule has 9 rings (SSSR count). The first-order chi connectivity index (χ1) is 22.8. The number of aromatic nitrogens is 2. The largest absolute Gasteiger partial charge is 0.456 e. The van der Waals surface area contributed by atoms with E-state index < -0.39 is 5.41 Å². The molecule has 6 aromatic carbocycles. The van der Waals surface area contributed by atoms with Gasteiger partial charge in [0.15, 0.2) is 0 Å². The van der Waals surface area contributed by atoms with E-state index in [9.17, 15) is 0 Å². The average molecular weight is 589 g/mol. The Bertz CT molecular complexity index is 2360. The van der Waals surface area contributed by atoms with E-state index in [1.807, 2.05) is 12.3 Å². The molecule has 0 spiro atoms. The Morgan fingerprint density at radius 3 is 1.93 bits per heavy atom. The topological polar surface area (TPSA) is 35.0 Å². The number of hydrogen-bond donors (Lipinski definition) is 0. The van der Waals surface area contributed by atoms with Gasteiger partial charge in [-0.05, 0) is 41.0 Å². The lowest BCUT2D eigenvalue weighted by Crippen LogP contribution is -2.34. The number of para-hydroxylation sites is 2. The number of ether oxygens (including phenoxy) is 1. The Labute approximate surface area is 267 Å². The summed E-state index contributed by atoms with van der Waals surface area (Å²) in [6.07, 6.45) is 1.83. The molecule has 3 heterocycles. The number of nitrogens with zero attached hydrogens (tertiary/aromatic N) is 2. The summed E-state index contributed by atoms with van der Waals surface area (Å²) in [7, 11) is 0. The van der Waals surface area contributed by atoms with Gasteiger partial charge >= 0.3 is 0 Å². The van der Waals surface area contributed by atoms with Crippen molar-refractivity contribution < 1.29 is 4.74 Å². The van der Waals surface area contributed by atoms with Gasteiger partial charge in [0.25, 0.3) is 0 Å². The molecule has 3 nitrogen and oxygen atoms in total. The van der Waals surface area contributed by atoms with Crippen LogP contribution in [0.2, 0.25) is 0 Å². The number of rotatable bonds is 4. The van der Waals surface area contributed by atoms with Crippen molar-refractivity contribution in [1.29, 1.82) is 0 Å². The highest BCUT2D eigenvalue weighted by molar-refractivity contribution is 6.03. The molecule has 46 heavy (non-hydrogen) atoms. The van der Waals surface area contributed by atoms with E-state index in [-0.39, 0.29) is 0 Å². The molecule has 2 aromatic heterocycles.